The minimum Gasteiger partial charge on any atom is -0.490 e. The second kappa shape index (κ2) is 6.40. The largest absolute Gasteiger partial charge is 0.490 e. The number of rotatable bonds is 5. The highest BCUT2D eigenvalue weighted by Crippen LogP contribution is 2.27. The second-order valence-electron chi connectivity index (χ2n) is 7.42. The highest BCUT2D eigenvalue weighted by atomic mass is 16.6. The van der Waals surface area contributed by atoms with E-state index in [1.165, 1.54) is 5.56 Å². The van der Waals surface area contributed by atoms with E-state index in [0.29, 0.717) is 23.5 Å². The van der Waals surface area contributed by atoms with Crippen LogP contribution >= 0.6 is 0 Å². The van der Waals surface area contributed by atoms with Gasteiger partial charge in [0.05, 0.1) is 12.2 Å². The number of hydrogen-bond donors (Lipinski definition) is 0. The van der Waals surface area contributed by atoms with E-state index >= 15 is 0 Å². The quantitative estimate of drug-likeness (QED) is 0.608. The van der Waals surface area contributed by atoms with E-state index < -0.39 is 0 Å². The van der Waals surface area contributed by atoms with Gasteiger partial charge >= 0.3 is 0 Å². The lowest BCUT2D eigenvalue weighted by atomic mass is 9.86. The molecule has 1 fully saturated rings. The topological polar surface area (TPSA) is 38.8 Å². The van der Waals surface area contributed by atoms with Crippen LogP contribution in [0.5, 0.6) is 5.75 Å². The van der Waals surface area contributed by atoms with Crippen molar-refractivity contribution in [3.63, 3.8) is 0 Å². The molecule has 24 heavy (non-hydrogen) atoms. The summed E-state index contributed by atoms with van der Waals surface area (Å²) < 4.78 is 11.0. The van der Waals surface area contributed by atoms with Gasteiger partial charge in [-0.1, -0.05) is 51.1 Å². The first kappa shape index (κ1) is 16.7. The van der Waals surface area contributed by atoms with Gasteiger partial charge in [-0.05, 0) is 35.6 Å². The van der Waals surface area contributed by atoms with Crippen molar-refractivity contribution in [3.8, 4) is 5.75 Å². The Morgan fingerprint density at radius 2 is 1.83 bits per heavy atom. The smallest absolute Gasteiger partial charge is 0.196 e. The van der Waals surface area contributed by atoms with Gasteiger partial charge in [0.25, 0.3) is 0 Å². The molecule has 1 heterocycles. The standard InChI is InChI=1S/C21H24O3/c1-14-5-10-18(19(11-14)24-13-17-12-23-17)20(22)15-6-8-16(9-7-15)21(2,3)4/h5-11,17H,12-13H2,1-4H3. The molecule has 0 bridgehead atoms. The normalized spacial score (nSPS) is 16.8. The van der Waals surface area contributed by atoms with E-state index in [1.807, 2.05) is 49.4 Å². The molecule has 1 aliphatic heterocycles. The molecular formula is C21H24O3. The lowest BCUT2D eigenvalue weighted by molar-refractivity contribution is 0.103. The summed E-state index contributed by atoms with van der Waals surface area (Å²) in [6.45, 7) is 9.71. The minimum atomic E-state index is -0.0119. The Labute approximate surface area is 143 Å². The van der Waals surface area contributed by atoms with Crippen LogP contribution in [0.4, 0.5) is 0 Å². The van der Waals surface area contributed by atoms with Gasteiger partial charge in [-0.25, -0.2) is 0 Å². The van der Waals surface area contributed by atoms with Gasteiger partial charge < -0.3 is 9.47 Å². The molecule has 1 unspecified atom stereocenters. The Morgan fingerprint density at radius 1 is 1.17 bits per heavy atom. The molecule has 1 atom stereocenters. The summed E-state index contributed by atoms with van der Waals surface area (Å²) in [5, 5.41) is 0. The van der Waals surface area contributed by atoms with Crippen molar-refractivity contribution in [1.82, 2.24) is 0 Å². The van der Waals surface area contributed by atoms with E-state index in [0.717, 1.165) is 12.2 Å². The fourth-order valence-corrected chi connectivity index (χ4v) is 2.56. The molecule has 3 rings (SSSR count). The number of benzene rings is 2. The van der Waals surface area contributed by atoms with Gasteiger partial charge in [-0.2, -0.15) is 0 Å². The first-order valence-corrected chi connectivity index (χ1v) is 8.35. The summed E-state index contributed by atoms with van der Waals surface area (Å²) in [5.41, 5.74) is 3.64. The fraction of sp³-hybridized carbons (Fsp3) is 0.381. The Morgan fingerprint density at radius 3 is 2.42 bits per heavy atom. The zero-order valence-electron chi connectivity index (χ0n) is 14.8. The summed E-state index contributed by atoms with van der Waals surface area (Å²) in [6.07, 6.45) is 0.166. The average Bonchev–Trinajstić information content (AvgIpc) is 3.36. The Bertz CT molecular complexity index is 735. The van der Waals surface area contributed by atoms with Gasteiger partial charge in [0.15, 0.2) is 5.78 Å². The third-order valence-corrected chi connectivity index (χ3v) is 4.22. The molecule has 0 amide bonds. The van der Waals surface area contributed by atoms with Crippen molar-refractivity contribution < 1.29 is 14.3 Å². The maximum atomic E-state index is 12.9. The first-order chi connectivity index (χ1) is 11.3. The predicted octanol–water partition coefficient (Wildman–Crippen LogP) is 4.30. The molecule has 3 nitrogen and oxygen atoms in total. The van der Waals surface area contributed by atoms with Crippen LogP contribution in [0.15, 0.2) is 42.5 Å². The second-order valence-corrected chi connectivity index (χ2v) is 7.42. The van der Waals surface area contributed by atoms with Crippen molar-refractivity contribution >= 4 is 5.78 Å². The number of epoxide rings is 1. The summed E-state index contributed by atoms with van der Waals surface area (Å²) in [7, 11) is 0. The lowest BCUT2D eigenvalue weighted by Gasteiger charge is -2.19. The van der Waals surface area contributed by atoms with Crippen molar-refractivity contribution in [1.29, 1.82) is 0 Å². The fourth-order valence-electron chi connectivity index (χ4n) is 2.56. The van der Waals surface area contributed by atoms with Gasteiger partial charge in [0, 0.05) is 5.56 Å². The van der Waals surface area contributed by atoms with Crippen molar-refractivity contribution in [3.05, 3.63) is 64.7 Å². The van der Waals surface area contributed by atoms with Crippen molar-refractivity contribution in [2.24, 2.45) is 0 Å². The molecule has 0 aromatic heterocycles. The van der Waals surface area contributed by atoms with E-state index in [-0.39, 0.29) is 17.3 Å². The van der Waals surface area contributed by atoms with Gasteiger partial charge in [0.1, 0.15) is 18.5 Å². The van der Waals surface area contributed by atoms with E-state index in [1.54, 1.807) is 0 Å². The summed E-state index contributed by atoms with van der Waals surface area (Å²) in [5.74, 6) is 0.623. The maximum absolute atomic E-state index is 12.9. The molecule has 0 aliphatic carbocycles. The van der Waals surface area contributed by atoms with Crippen LogP contribution < -0.4 is 4.74 Å². The molecule has 3 heteroatoms. The Kier molecular flexibility index (Phi) is 4.46. The number of carbonyl (C=O) groups excluding carboxylic acids is 1. The molecule has 1 aliphatic rings. The van der Waals surface area contributed by atoms with Gasteiger partial charge in [-0.15, -0.1) is 0 Å². The number of ether oxygens (including phenoxy) is 2. The highest BCUT2D eigenvalue weighted by Gasteiger charge is 2.24. The SMILES string of the molecule is Cc1ccc(C(=O)c2ccc(C(C)(C)C)cc2)c(OCC2CO2)c1. The van der Waals surface area contributed by atoms with E-state index in [4.69, 9.17) is 9.47 Å². The molecule has 0 spiro atoms. The van der Waals surface area contributed by atoms with Crippen LogP contribution in [0.2, 0.25) is 0 Å². The van der Waals surface area contributed by atoms with Crippen LogP contribution in [0.3, 0.4) is 0 Å². The number of hydrogen-bond acceptors (Lipinski definition) is 3. The minimum absolute atomic E-state index is 0.0119. The molecule has 0 N–H and O–H groups in total. The molecule has 2 aromatic rings. The molecular weight excluding hydrogens is 300 g/mol. The summed E-state index contributed by atoms with van der Waals surface area (Å²) >= 11 is 0. The van der Waals surface area contributed by atoms with Crippen molar-refractivity contribution in [2.45, 2.75) is 39.2 Å². The summed E-state index contributed by atoms with van der Waals surface area (Å²) in [6, 6.07) is 13.6. The Hall–Kier alpha value is -2.13. The monoisotopic (exact) mass is 324 g/mol. The highest BCUT2D eigenvalue weighted by molar-refractivity contribution is 6.10. The zero-order chi connectivity index (χ0) is 17.3. The molecule has 0 radical (unpaired) electrons. The van der Waals surface area contributed by atoms with Crippen LogP contribution in [0, 0.1) is 6.92 Å². The van der Waals surface area contributed by atoms with Gasteiger partial charge in [-0.3, -0.25) is 4.79 Å². The molecule has 1 saturated heterocycles. The maximum Gasteiger partial charge on any atom is 0.196 e. The van der Waals surface area contributed by atoms with E-state index in [2.05, 4.69) is 20.8 Å². The zero-order valence-corrected chi connectivity index (χ0v) is 14.8. The molecule has 2 aromatic carbocycles. The number of carbonyl (C=O) groups is 1. The lowest BCUT2D eigenvalue weighted by Crippen LogP contribution is -2.12. The number of ketones is 1. The molecule has 0 saturated carbocycles. The average molecular weight is 324 g/mol. The van der Waals surface area contributed by atoms with Crippen LogP contribution in [0.25, 0.3) is 0 Å². The van der Waals surface area contributed by atoms with Crippen molar-refractivity contribution in [2.75, 3.05) is 13.2 Å². The van der Waals surface area contributed by atoms with Crippen LogP contribution in [-0.2, 0) is 10.2 Å². The first-order valence-electron chi connectivity index (χ1n) is 8.35. The van der Waals surface area contributed by atoms with E-state index in [9.17, 15) is 4.79 Å². The van der Waals surface area contributed by atoms with Crippen LogP contribution in [-0.4, -0.2) is 25.1 Å². The van der Waals surface area contributed by atoms with Gasteiger partial charge in [0.2, 0.25) is 0 Å². The third kappa shape index (κ3) is 3.85. The number of aryl methyl sites for hydroxylation is 1. The predicted molar refractivity (Wildman–Crippen MR) is 95.0 cm³/mol. The third-order valence-electron chi connectivity index (χ3n) is 4.22. The Balaban J connectivity index is 1.85. The molecule has 126 valence electrons. The summed E-state index contributed by atoms with van der Waals surface area (Å²) in [4.78, 5) is 12.9. The van der Waals surface area contributed by atoms with Crippen LogP contribution in [0.1, 0.15) is 47.8 Å².